The minimum absolute atomic E-state index is 0.0000501. The second-order valence-electron chi connectivity index (χ2n) is 4.77. The molecule has 2 rings (SSSR count). The molecular formula is C16H15FN2O6. The van der Waals surface area contributed by atoms with Crippen molar-refractivity contribution in [3.63, 3.8) is 0 Å². The number of hydrogen-bond donors (Lipinski definition) is 1. The molecule has 25 heavy (non-hydrogen) atoms. The van der Waals surface area contributed by atoms with Gasteiger partial charge in [-0.3, -0.25) is 14.9 Å². The van der Waals surface area contributed by atoms with Gasteiger partial charge in [0.25, 0.3) is 5.91 Å². The summed E-state index contributed by atoms with van der Waals surface area (Å²) in [5.74, 6) is -0.594. The highest BCUT2D eigenvalue weighted by molar-refractivity contribution is 5.93. The van der Waals surface area contributed by atoms with Crippen LogP contribution in [-0.4, -0.2) is 31.7 Å². The molecule has 0 unspecified atom stereocenters. The van der Waals surface area contributed by atoms with E-state index in [4.69, 9.17) is 14.2 Å². The highest BCUT2D eigenvalue weighted by atomic mass is 19.1. The molecule has 0 fully saturated rings. The van der Waals surface area contributed by atoms with Crippen LogP contribution in [0.5, 0.6) is 17.2 Å². The molecule has 132 valence electrons. The predicted molar refractivity (Wildman–Crippen MR) is 86.7 cm³/mol. The number of anilines is 1. The summed E-state index contributed by atoms with van der Waals surface area (Å²) in [6.45, 7) is -0.410. The maximum Gasteiger partial charge on any atom is 0.305 e. The van der Waals surface area contributed by atoms with Gasteiger partial charge in [-0.15, -0.1) is 0 Å². The van der Waals surface area contributed by atoms with Crippen molar-refractivity contribution in [3.8, 4) is 17.2 Å². The zero-order valence-corrected chi connectivity index (χ0v) is 13.4. The molecule has 0 atom stereocenters. The van der Waals surface area contributed by atoms with Gasteiger partial charge in [-0.2, -0.15) is 4.39 Å². The molecule has 1 N–H and O–H groups in total. The molecule has 9 heteroatoms. The van der Waals surface area contributed by atoms with E-state index < -0.39 is 28.9 Å². The quantitative estimate of drug-likeness (QED) is 0.609. The fraction of sp³-hybridized carbons (Fsp3) is 0.188. The molecule has 0 radical (unpaired) electrons. The Hall–Kier alpha value is -3.36. The molecule has 0 spiro atoms. The van der Waals surface area contributed by atoms with Crippen LogP contribution in [0.1, 0.15) is 0 Å². The van der Waals surface area contributed by atoms with Gasteiger partial charge in [0.1, 0.15) is 17.2 Å². The Labute approximate surface area is 142 Å². The standard InChI is InChI=1S/C16H15FN2O6/c1-23-10-3-5-13(15(8-10)24-2)18-16(20)9-25-11-4-6-14(19(21)22)12(17)7-11/h3-8H,9H2,1-2H3,(H,18,20). The smallest absolute Gasteiger partial charge is 0.305 e. The van der Waals surface area contributed by atoms with E-state index in [0.29, 0.717) is 17.2 Å². The molecule has 0 aromatic heterocycles. The van der Waals surface area contributed by atoms with Crippen molar-refractivity contribution in [2.75, 3.05) is 26.1 Å². The number of amides is 1. The highest BCUT2D eigenvalue weighted by Gasteiger charge is 2.15. The molecule has 2 aromatic rings. The van der Waals surface area contributed by atoms with E-state index in [1.807, 2.05) is 0 Å². The summed E-state index contributed by atoms with van der Waals surface area (Å²) in [4.78, 5) is 21.6. The third-order valence-corrected chi connectivity index (χ3v) is 3.17. The summed E-state index contributed by atoms with van der Waals surface area (Å²) >= 11 is 0. The molecule has 2 aromatic carbocycles. The van der Waals surface area contributed by atoms with Crippen LogP contribution < -0.4 is 19.5 Å². The summed E-state index contributed by atoms with van der Waals surface area (Å²) in [6.07, 6.45) is 0. The first kappa shape index (κ1) is 18.0. The van der Waals surface area contributed by atoms with Crippen molar-refractivity contribution in [1.29, 1.82) is 0 Å². The van der Waals surface area contributed by atoms with Gasteiger partial charge in [-0.05, 0) is 18.2 Å². The maximum absolute atomic E-state index is 13.5. The molecule has 0 saturated carbocycles. The van der Waals surface area contributed by atoms with E-state index in [0.717, 1.165) is 12.1 Å². The summed E-state index contributed by atoms with van der Waals surface area (Å²) in [5.41, 5.74) is -0.258. The minimum Gasteiger partial charge on any atom is -0.497 e. The third-order valence-electron chi connectivity index (χ3n) is 3.17. The number of nitrogens with zero attached hydrogens (tertiary/aromatic N) is 1. The van der Waals surface area contributed by atoms with Crippen LogP contribution in [0.15, 0.2) is 36.4 Å². The van der Waals surface area contributed by atoms with Crippen LogP contribution in [0.3, 0.4) is 0 Å². The fourth-order valence-corrected chi connectivity index (χ4v) is 1.96. The van der Waals surface area contributed by atoms with Crippen molar-refractivity contribution in [2.45, 2.75) is 0 Å². The second-order valence-corrected chi connectivity index (χ2v) is 4.77. The van der Waals surface area contributed by atoms with Crippen molar-refractivity contribution in [1.82, 2.24) is 0 Å². The number of carbonyl (C=O) groups is 1. The van der Waals surface area contributed by atoms with E-state index in [-0.39, 0.29) is 5.75 Å². The first-order valence-corrected chi connectivity index (χ1v) is 7.03. The van der Waals surface area contributed by atoms with E-state index in [2.05, 4.69) is 5.32 Å². The van der Waals surface area contributed by atoms with Crippen molar-refractivity contribution in [3.05, 3.63) is 52.3 Å². The normalized spacial score (nSPS) is 10.0. The van der Waals surface area contributed by atoms with E-state index in [1.54, 1.807) is 18.2 Å². The van der Waals surface area contributed by atoms with Crippen LogP contribution in [0.2, 0.25) is 0 Å². The number of methoxy groups -OCH3 is 2. The lowest BCUT2D eigenvalue weighted by Gasteiger charge is -2.12. The van der Waals surface area contributed by atoms with E-state index in [9.17, 15) is 19.3 Å². The number of ether oxygens (including phenoxy) is 3. The van der Waals surface area contributed by atoms with Gasteiger partial charge < -0.3 is 19.5 Å². The molecule has 0 aliphatic carbocycles. The lowest BCUT2D eigenvalue weighted by molar-refractivity contribution is -0.387. The number of nitro benzene ring substituents is 1. The van der Waals surface area contributed by atoms with E-state index >= 15 is 0 Å². The molecule has 0 aliphatic heterocycles. The average Bonchev–Trinajstić information content (AvgIpc) is 2.60. The first-order chi connectivity index (χ1) is 11.9. The van der Waals surface area contributed by atoms with Gasteiger partial charge in [0.2, 0.25) is 5.82 Å². The lowest BCUT2D eigenvalue weighted by atomic mass is 10.2. The number of hydrogen-bond acceptors (Lipinski definition) is 6. The summed E-state index contributed by atoms with van der Waals surface area (Å²) in [6, 6.07) is 7.87. The van der Waals surface area contributed by atoms with Gasteiger partial charge in [0, 0.05) is 18.2 Å². The fourth-order valence-electron chi connectivity index (χ4n) is 1.96. The third kappa shape index (κ3) is 4.56. The van der Waals surface area contributed by atoms with Gasteiger partial charge in [-0.1, -0.05) is 0 Å². The van der Waals surface area contributed by atoms with Crippen molar-refractivity contribution in [2.24, 2.45) is 0 Å². The van der Waals surface area contributed by atoms with E-state index in [1.165, 1.54) is 20.3 Å². The van der Waals surface area contributed by atoms with Gasteiger partial charge in [0.15, 0.2) is 6.61 Å². The summed E-state index contributed by atoms with van der Waals surface area (Å²) in [5, 5.41) is 13.1. The van der Waals surface area contributed by atoms with Gasteiger partial charge in [0.05, 0.1) is 24.8 Å². The van der Waals surface area contributed by atoms with Crippen LogP contribution in [-0.2, 0) is 4.79 Å². The highest BCUT2D eigenvalue weighted by Crippen LogP contribution is 2.29. The molecule has 8 nitrogen and oxygen atoms in total. The van der Waals surface area contributed by atoms with Crippen LogP contribution in [0.4, 0.5) is 15.8 Å². The Balaban J connectivity index is 1.99. The van der Waals surface area contributed by atoms with Crippen molar-refractivity contribution >= 4 is 17.3 Å². The zero-order valence-electron chi connectivity index (χ0n) is 13.4. The number of nitro groups is 1. The summed E-state index contributed by atoms with van der Waals surface area (Å²) in [7, 11) is 2.95. The largest absolute Gasteiger partial charge is 0.497 e. The number of carbonyl (C=O) groups excluding carboxylic acids is 1. The van der Waals surface area contributed by atoms with Crippen LogP contribution in [0.25, 0.3) is 0 Å². The van der Waals surface area contributed by atoms with Gasteiger partial charge in [-0.25, -0.2) is 0 Å². The average molecular weight is 350 g/mol. The molecule has 0 saturated heterocycles. The Morgan fingerprint density at radius 1 is 1.16 bits per heavy atom. The number of nitrogens with one attached hydrogen (secondary N) is 1. The molecule has 0 heterocycles. The zero-order chi connectivity index (χ0) is 18.4. The molecule has 1 amide bonds. The van der Waals surface area contributed by atoms with Gasteiger partial charge >= 0.3 is 5.69 Å². The Bertz CT molecular complexity index is 796. The minimum atomic E-state index is -1.04. The number of rotatable bonds is 7. The molecule has 0 bridgehead atoms. The lowest BCUT2D eigenvalue weighted by Crippen LogP contribution is -2.20. The maximum atomic E-state index is 13.5. The Morgan fingerprint density at radius 2 is 1.88 bits per heavy atom. The number of halogens is 1. The number of benzene rings is 2. The Morgan fingerprint density at radius 3 is 2.48 bits per heavy atom. The topological polar surface area (TPSA) is 99.9 Å². The van der Waals surface area contributed by atoms with Crippen LogP contribution in [0, 0.1) is 15.9 Å². The molecular weight excluding hydrogens is 335 g/mol. The summed E-state index contributed by atoms with van der Waals surface area (Å²) < 4.78 is 28.8. The first-order valence-electron chi connectivity index (χ1n) is 7.03. The predicted octanol–water partition coefficient (Wildman–Crippen LogP) is 2.77. The molecule has 0 aliphatic rings. The second kappa shape index (κ2) is 7.95. The monoisotopic (exact) mass is 350 g/mol. The Kier molecular flexibility index (Phi) is 5.72. The SMILES string of the molecule is COc1ccc(NC(=O)COc2ccc([N+](=O)[O-])c(F)c2)c(OC)c1. The van der Waals surface area contributed by atoms with Crippen molar-refractivity contribution < 1.29 is 28.3 Å². The van der Waals surface area contributed by atoms with Crippen LogP contribution >= 0.6 is 0 Å².